The molecular weight excluding hydrogens is 381 g/mol. The quantitative estimate of drug-likeness (QED) is 0.670. The van der Waals surface area contributed by atoms with Gasteiger partial charge >= 0.3 is 0 Å². The number of pyridine rings is 1. The van der Waals surface area contributed by atoms with Crippen molar-refractivity contribution in [1.82, 2.24) is 19.9 Å². The summed E-state index contributed by atoms with van der Waals surface area (Å²) in [5.41, 5.74) is 4.23. The van der Waals surface area contributed by atoms with E-state index in [4.69, 9.17) is 0 Å². The second-order valence-electron chi connectivity index (χ2n) is 7.58. The van der Waals surface area contributed by atoms with Crippen molar-refractivity contribution >= 4 is 11.7 Å². The molecule has 1 amide bonds. The zero-order valence-corrected chi connectivity index (χ0v) is 17.3. The Balaban J connectivity index is 1.47. The zero-order chi connectivity index (χ0) is 21.3. The Morgan fingerprint density at radius 3 is 2.63 bits per heavy atom. The Morgan fingerprint density at radius 1 is 1.17 bits per heavy atom. The summed E-state index contributed by atoms with van der Waals surface area (Å²) in [6, 6.07) is 6.71. The molecule has 7 heteroatoms. The molecule has 0 saturated carbocycles. The van der Waals surface area contributed by atoms with Gasteiger partial charge < -0.3 is 10.2 Å². The van der Waals surface area contributed by atoms with Gasteiger partial charge in [-0.25, -0.2) is 19.3 Å². The summed E-state index contributed by atoms with van der Waals surface area (Å²) < 4.78 is 13.4. The van der Waals surface area contributed by atoms with Gasteiger partial charge in [0.25, 0.3) is 5.91 Å². The number of rotatable bonds is 6. The van der Waals surface area contributed by atoms with Crippen molar-refractivity contribution in [2.45, 2.75) is 39.8 Å². The van der Waals surface area contributed by atoms with E-state index >= 15 is 0 Å². The van der Waals surface area contributed by atoms with Crippen molar-refractivity contribution in [3.63, 3.8) is 0 Å². The Kier molecular flexibility index (Phi) is 5.44. The van der Waals surface area contributed by atoms with Gasteiger partial charge in [-0.15, -0.1) is 0 Å². The minimum absolute atomic E-state index is 0.0437. The van der Waals surface area contributed by atoms with Crippen LogP contribution in [0.1, 0.15) is 58.3 Å². The van der Waals surface area contributed by atoms with Gasteiger partial charge in [-0.2, -0.15) is 0 Å². The highest BCUT2D eigenvalue weighted by molar-refractivity contribution is 5.99. The second-order valence-corrected chi connectivity index (χ2v) is 7.58. The highest BCUT2D eigenvalue weighted by Gasteiger charge is 2.29. The summed E-state index contributed by atoms with van der Waals surface area (Å²) in [5.74, 6) is 1.18. The first-order valence-electron chi connectivity index (χ1n) is 10.1. The van der Waals surface area contributed by atoms with Crippen LogP contribution in [0.4, 0.5) is 10.2 Å². The van der Waals surface area contributed by atoms with E-state index in [1.807, 2.05) is 19.9 Å². The number of carbonyl (C=O) groups excluding carboxylic acids is 1. The predicted molar refractivity (Wildman–Crippen MR) is 113 cm³/mol. The Labute approximate surface area is 175 Å². The second kappa shape index (κ2) is 8.18. The van der Waals surface area contributed by atoms with Crippen LogP contribution in [0.25, 0.3) is 0 Å². The van der Waals surface area contributed by atoms with E-state index < -0.39 is 0 Å². The summed E-state index contributed by atoms with van der Waals surface area (Å²) in [4.78, 5) is 27.6. The largest absolute Gasteiger partial charge is 0.360 e. The van der Waals surface area contributed by atoms with Crippen LogP contribution in [0.2, 0.25) is 0 Å². The lowest BCUT2D eigenvalue weighted by Gasteiger charge is -2.16. The van der Waals surface area contributed by atoms with Crippen molar-refractivity contribution in [3.8, 4) is 0 Å². The van der Waals surface area contributed by atoms with Gasteiger partial charge in [0, 0.05) is 42.7 Å². The lowest BCUT2D eigenvalue weighted by Crippen LogP contribution is -2.22. The number of hydrogen-bond acceptors (Lipinski definition) is 5. The van der Waals surface area contributed by atoms with Gasteiger partial charge in [0.05, 0.1) is 12.6 Å². The number of halogens is 1. The minimum Gasteiger partial charge on any atom is -0.360 e. The molecule has 0 radical (unpaired) electrons. The Morgan fingerprint density at radius 2 is 1.93 bits per heavy atom. The molecule has 1 N–H and O–H groups in total. The van der Waals surface area contributed by atoms with Crippen LogP contribution in [0.5, 0.6) is 0 Å². The number of aromatic nitrogens is 3. The molecule has 154 valence electrons. The van der Waals surface area contributed by atoms with E-state index in [1.165, 1.54) is 6.07 Å². The molecule has 1 aliphatic rings. The first-order valence-corrected chi connectivity index (χ1v) is 10.1. The van der Waals surface area contributed by atoms with Gasteiger partial charge in [0.2, 0.25) is 0 Å². The number of hydrogen-bond donors (Lipinski definition) is 1. The van der Waals surface area contributed by atoms with Gasteiger partial charge in [-0.05, 0) is 49.6 Å². The maximum Gasteiger partial charge on any atom is 0.254 e. The molecule has 30 heavy (non-hydrogen) atoms. The van der Waals surface area contributed by atoms with Crippen LogP contribution in [0.3, 0.4) is 0 Å². The number of carbonyl (C=O) groups is 1. The third-order valence-corrected chi connectivity index (χ3v) is 5.40. The molecule has 6 nitrogen and oxygen atoms in total. The SMILES string of the molecule is CCN1Cc2c(ccnc2NC(C)c2ncc(Cc3ccc(F)c(C)c3)cn2)C1=O. The number of nitrogens with one attached hydrogen (secondary N) is 1. The first-order chi connectivity index (χ1) is 14.5. The molecule has 0 aliphatic carbocycles. The van der Waals surface area contributed by atoms with Crippen LogP contribution in [-0.4, -0.2) is 32.3 Å². The topological polar surface area (TPSA) is 71.0 Å². The van der Waals surface area contributed by atoms with E-state index in [-0.39, 0.29) is 17.8 Å². The summed E-state index contributed by atoms with van der Waals surface area (Å²) in [5, 5.41) is 3.35. The minimum atomic E-state index is -0.199. The van der Waals surface area contributed by atoms with Gasteiger partial charge in [0.1, 0.15) is 17.5 Å². The summed E-state index contributed by atoms with van der Waals surface area (Å²) in [7, 11) is 0. The molecule has 1 aromatic carbocycles. The van der Waals surface area contributed by atoms with Crippen molar-refractivity contribution in [2.24, 2.45) is 0 Å². The van der Waals surface area contributed by atoms with E-state index in [0.717, 1.165) is 16.7 Å². The monoisotopic (exact) mass is 405 g/mol. The van der Waals surface area contributed by atoms with E-state index in [2.05, 4.69) is 20.3 Å². The van der Waals surface area contributed by atoms with Crippen LogP contribution in [0.15, 0.2) is 42.9 Å². The summed E-state index contributed by atoms with van der Waals surface area (Å²) in [6.07, 6.45) is 5.89. The molecule has 1 atom stereocenters. The van der Waals surface area contributed by atoms with Crippen LogP contribution in [-0.2, 0) is 13.0 Å². The van der Waals surface area contributed by atoms with E-state index in [9.17, 15) is 9.18 Å². The number of amides is 1. The lowest BCUT2D eigenvalue weighted by molar-refractivity contribution is 0.0787. The zero-order valence-electron chi connectivity index (χ0n) is 17.3. The third kappa shape index (κ3) is 3.87. The highest BCUT2D eigenvalue weighted by atomic mass is 19.1. The van der Waals surface area contributed by atoms with Gasteiger partial charge in [-0.3, -0.25) is 4.79 Å². The van der Waals surface area contributed by atoms with Crippen LogP contribution in [0, 0.1) is 12.7 Å². The molecule has 0 saturated heterocycles. The van der Waals surface area contributed by atoms with Crippen LogP contribution >= 0.6 is 0 Å². The molecule has 3 heterocycles. The number of nitrogens with zero attached hydrogens (tertiary/aromatic N) is 4. The van der Waals surface area contributed by atoms with Gasteiger partial charge in [0.15, 0.2) is 0 Å². The molecule has 3 aromatic rings. The molecule has 1 unspecified atom stereocenters. The summed E-state index contributed by atoms with van der Waals surface area (Å²) >= 11 is 0. The fraction of sp³-hybridized carbons (Fsp3) is 0.304. The summed E-state index contributed by atoms with van der Waals surface area (Å²) in [6.45, 7) is 6.92. The number of anilines is 1. The van der Waals surface area contributed by atoms with Gasteiger partial charge in [-0.1, -0.05) is 12.1 Å². The van der Waals surface area contributed by atoms with E-state index in [0.29, 0.717) is 42.3 Å². The first kappa shape index (κ1) is 19.9. The van der Waals surface area contributed by atoms with Crippen molar-refractivity contribution in [3.05, 3.63) is 82.3 Å². The lowest BCUT2D eigenvalue weighted by atomic mass is 10.1. The van der Waals surface area contributed by atoms with Crippen LogP contribution < -0.4 is 5.32 Å². The molecule has 2 aromatic heterocycles. The predicted octanol–water partition coefficient (Wildman–Crippen LogP) is 4.06. The number of fused-ring (bicyclic) bond motifs is 1. The maximum absolute atomic E-state index is 13.4. The molecule has 0 bridgehead atoms. The average molecular weight is 405 g/mol. The van der Waals surface area contributed by atoms with Crippen molar-refractivity contribution in [2.75, 3.05) is 11.9 Å². The fourth-order valence-electron chi connectivity index (χ4n) is 3.67. The molecule has 0 fully saturated rings. The highest BCUT2D eigenvalue weighted by Crippen LogP contribution is 2.29. The number of benzene rings is 1. The normalized spacial score (nSPS) is 14.0. The van der Waals surface area contributed by atoms with E-state index in [1.54, 1.807) is 42.5 Å². The smallest absolute Gasteiger partial charge is 0.254 e. The molecular formula is C23H24FN5O. The third-order valence-electron chi connectivity index (χ3n) is 5.40. The van der Waals surface area contributed by atoms with Crippen molar-refractivity contribution in [1.29, 1.82) is 0 Å². The average Bonchev–Trinajstić information content (AvgIpc) is 3.08. The van der Waals surface area contributed by atoms with Crippen molar-refractivity contribution < 1.29 is 9.18 Å². The maximum atomic E-state index is 13.4. The fourth-order valence-corrected chi connectivity index (χ4v) is 3.67. The Bertz CT molecular complexity index is 1080. The molecule has 4 rings (SSSR count). The standard InChI is InChI=1S/C23H24FN5O/c1-4-29-13-19-18(23(29)30)7-8-25-22(19)28-15(3)21-26-11-17(12-27-21)10-16-5-6-20(24)14(2)9-16/h5-9,11-12,15H,4,10,13H2,1-3H3,(H,25,28). The Hall–Kier alpha value is -3.35. The number of aryl methyl sites for hydroxylation is 1. The molecule has 0 spiro atoms. The molecule has 1 aliphatic heterocycles.